The van der Waals surface area contributed by atoms with E-state index in [9.17, 15) is 0 Å². The quantitative estimate of drug-likeness (QED) is 0.471. The van der Waals surface area contributed by atoms with E-state index in [1.807, 2.05) is 0 Å². The van der Waals surface area contributed by atoms with Gasteiger partial charge in [0.05, 0.1) is 0 Å². The molecule has 0 aromatic heterocycles. The minimum atomic E-state index is -0.161. The molecule has 2 aliphatic rings. The Hall–Kier alpha value is -1.66. The molecular formula is C9H14N3O3+. The van der Waals surface area contributed by atoms with Crippen LogP contribution in [-0.4, -0.2) is 22.8 Å². The summed E-state index contributed by atoms with van der Waals surface area (Å²) in [5.41, 5.74) is 12.4. The van der Waals surface area contributed by atoms with Crippen LogP contribution in [0.4, 0.5) is 0 Å². The fraction of sp³-hybridized carbons (Fsp3) is 0.333. The van der Waals surface area contributed by atoms with Crippen molar-refractivity contribution >= 4 is 0 Å². The lowest BCUT2D eigenvalue weighted by Gasteiger charge is -2.41. The third-order valence-corrected chi connectivity index (χ3v) is 2.20. The molecule has 0 spiro atoms. The molecule has 0 saturated carbocycles. The summed E-state index contributed by atoms with van der Waals surface area (Å²) < 4.78 is 5.05. The topological polar surface area (TPSA) is 96.6 Å². The molecule has 0 aromatic carbocycles. The second-order valence-electron chi connectivity index (χ2n) is 3.22. The van der Waals surface area contributed by atoms with Gasteiger partial charge in [0, 0.05) is 12.5 Å². The summed E-state index contributed by atoms with van der Waals surface area (Å²) in [7, 11) is 0. The number of rotatable bonds is 3. The van der Waals surface area contributed by atoms with Crippen molar-refractivity contribution in [1.29, 1.82) is 0 Å². The van der Waals surface area contributed by atoms with Crippen molar-refractivity contribution in [3.05, 3.63) is 35.9 Å². The van der Waals surface area contributed by atoms with Gasteiger partial charge in [-0.15, -0.1) is 0 Å². The monoisotopic (exact) mass is 212 g/mol. The number of hydrogen-bond acceptors (Lipinski definition) is 5. The van der Waals surface area contributed by atoms with Gasteiger partial charge in [-0.05, 0) is 6.54 Å². The van der Waals surface area contributed by atoms with Gasteiger partial charge in [-0.2, -0.15) is 0 Å². The molecule has 1 saturated heterocycles. The van der Waals surface area contributed by atoms with E-state index in [4.69, 9.17) is 26.1 Å². The molecular weight excluding hydrogens is 198 g/mol. The first kappa shape index (κ1) is 9.88. The van der Waals surface area contributed by atoms with Crippen LogP contribution in [0.15, 0.2) is 35.9 Å². The number of nitrogens with two attached hydrogens (primary N) is 2. The summed E-state index contributed by atoms with van der Waals surface area (Å²) in [6.45, 7) is 0.474. The Balaban J connectivity index is 2.05. The Labute approximate surface area is 87.0 Å². The van der Waals surface area contributed by atoms with E-state index in [-0.39, 0.29) is 6.10 Å². The highest BCUT2D eigenvalue weighted by Crippen LogP contribution is 2.34. The zero-order valence-corrected chi connectivity index (χ0v) is 8.14. The van der Waals surface area contributed by atoms with Crippen LogP contribution >= 0.6 is 0 Å². The summed E-state index contributed by atoms with van der Waals surface area (Å²) in [5, 5.41) is 8.78. The van der Waals surface area contributed by atoms with Crippen molar-refractivity contribution < 1.29 is 14.7 Å². The van der Waals surface area contributed by atoms with Crippen LogP contribution < -0.4 is 11.5 Å². The SMILES string of the molecule is NCC/C(=C\[OH2+])N1OC2C=C(N)OC=C21. The summed E-state index contributed by atoms with van der Waals surface area (Å²) in [6.07, 6.45) is 4.86. The normalized spacial score (nSPS) is 24.7. The molecule has 1 unspecified atom stereocenters. The Morgan fingerprint density at radius 1 is 1.67 bits per heavy atom. The number of fused-ring (bicyclic) bond motifs is 1. The Morgan fingerprint density at radius 2 is 2.47 bits per heavy atom. The minimum absolute atomic E-state index is 0.161. The summed E-state index contributed by atoms with van der Waals surface area (Å²) >= 11 is 0. The Kier molecular flexibility index (Phi) is 2.53. The third kappa shape index (κ3) is 1.64. The van der Waals surface area contributed by atoms with E-state index in [0.717, 1.165) is 5.70 Å². The van der Waals surface area contributed by atoms with E-state index >= 15 is 0 Å². The zero-order chi connectivity index (χ0) is 10.8. The van der Waals surface area contributed by atoms with Crippen LogP contribution in [0.1, 0.15) is 6.42 Å². The molecule has 2 aliphatic heterocycles. The predicted octanol–water partition coefficient (Wildman–Crippen LogP) is -0.811. The van der Waals surface area contributed by atoms with Gasteiger partial charge < -0.3 is 21.3 Å². The second-order valence-corrected chi connectivity index (χ2v) is 3.22. The standard InChI is InChI=1S/C9H13N3O3/c10-2-1-6(4-13)12-7-5-14-9(11)3-8(7)15-12/h3-5,8,13H,1-2,10-11H2/p+1/b6-4+. The van der Waals surface area contributed by atoms with Gasteiger partial charge in [0.1, 0.15) is 17.7 Å². The molecule has 2 heterocycles. The molecule has 0 bridgehead atoms. The smallest absolute Gasteiger partial charge is 0.238 e. The molecule has 0 amide bonds. The highest BCUT2D eigenvalue weighted by Gasteiger charge is 2.38. The van der Waals surface area contributed by atoms with Gasteiger partial charge in [0.15, 0.2) is 12.0 Å². The minimum Gasteiger partial charge on any atom is -0.597 e. The van der Waals surface area contributed by atoms with Crippen LogP contribution in [0, 0.1) is 0 Å². The summed E-state index contributed by atoms with van der Waals surface area (Å²) in [4.78, 5) is 5.40. The molecule has 0 radical (unpaired) electrons. The number of nitrogens with zero attached hydrogens (tertiary/aromatic N) is 1. The van der Waals surface area contributed by atoms with Crippen LogP contribution in [0.2, 0.25) is 0 Å². The van der Waals surface area contributed by atoms with Crippen LogP contribution in [0.25, 0.3) is 0 Å². The molecule has 1 fully saturated rings. The molecule has 6 heteroatoms. The van der Waals surface area contributed by atoms with E-state index < -0.39 is 0 Å². The van der Waals surface area contributed by atoms with Crippen molar-refractivity contribution in [2.75, 3.05) is 6.54 Å². The van der Waals surface area contributed by atoms with Crippen molar-refractivity contribution in [3.8, 4) is 0 Å². The molecule has 0 aliphatic carbocycles. The maximum atomic E-state index is 7.23. The number of hydroxylamine groups is 2. The summed E-state index contributed by atoms with van der Waals surface area (Å²) in [6, 6.07) is 0. The largest absolute Gasteiger partial charge is 0.597 e. The molecule has 82 valence electrons. The van der Waals surface area contributed by atoms with E-state index in [0.29, 0.717) is 24.5 Å². The lowest BCUT2D eigenvalue weighted by molar-refractivity contribution is -0.218. The zero-order valence-electron chi connectivity index (χ0n) is 8.14. The van der Waals surface area contributed by atoms with Crippen LogP contribution in [-0.2, 0) is 9.57 Å². The molecule has 0 aromatic rings. The van der Waals surface area contributed by atoms with Gasteiger partial charge in [0.2, 0.25) is 6.26 Å². The van der Waals surface area contributed by atoms with Crippen molar-refractivity contribution in [1.82, 2.24) is 5.06 Å². The van der Waals surface area contributed by atoms with Gasteiger partial charge in [-0.3, -0.25) is 4.84 Å². The van der Waals surface area contributed by atoms with E-state index in [2.05, 4.69) is 0 Å². The first-order chi connectivity index (χ1) is 7.26. The second kappa shape index (κ2) is 3.84. The first-order valence-electron chi connectivity index (χ1n) is 4.63. The highest BCUT2D eigenvalue weighted by molar-refractivity contribution is 5.26. The summed E-state index contributed by atoms with van der Waals surface area (Å²) in [5.74, 6) is 0.332. The molecule has 1 atom stereocenters. The van der Waals surface area contributed by atoms with Gasteiger partial charge in [-0.1, -0.05) is 0 Å². The van der Waals surface area contributed by atoms with Crippen molar-refractivity contribution in [2.45, 2.75) is 12.5 Å². The lowest BCUT2D eigenvalue weighted by atomic mass is 10.1. The first-order valence-corrected chi connectivity index (χ1v) is 4.63. The van der Waals surface area contributed by atoms with Crippen molar-refractivity contribution in [3.63, 3.8) is 0 Å². The molecule has 2 rings (SSSR count). The van der Waals surface area contributed by atoms with E-state index in [1.54, 1.807) is 11.1 Å². The molecule has 6 nitrogen and oxygen atoms in total. The average Bonchev–Trinajstić information content (AvgIpc) is 2.20. The lowest BCUT2D eigenvalue weighted by Crippen LogP contribution is -2.46. The Morgan fingerprint density at radius 3 is 3.07 bits per heavy atom. The number of ether oxygens (including phenoxy) is 1. The third-order valence-electron chi connectivity index (χ3n) is 2.20. The fourth-order valence-electron chi connectivity index (χ4n) is 1.46. The van der Waals surface area contributed by atoms with E-state index in [1.165, 1.54) is 12.5 Å². The number of hydrogen-bond donors (Lipinski definition) is 2. The average molecular weight is 212 g/mol. The maximum Gasteiger partial charge on any atom is 0.238 e. The van der Waals surface area contributed by atoms with Gasteiger partial charge >= 0.3 is 0 Å². The molecule has 15 heavy (non-hydrogen) atoms. The van der Waals surface area contributed by atoms with Crippen molar-refractivity contribution in [2.24, 2.45) is 11.5 Å². The van der Waals surface area contributed by atoms with Gasteiger partial charge in [-0.25, -0.2) is 5.06 Å². The van der Waals surface area contributed by atoms with Crippen LogP contribution in [0.5, 0.6) is 0 Å². The maximum absolute atomic E-state index is 7.23. The van der Waals surface area contributed by atoms with Gasteiger partial charge in [0.25, 0.3) is 0 Å². The van der Waals surface area contributed by atoms with Crippen LogP contribution in [0.3, 0.4) is 0 Å². The fourth-order valence-corrected chi connectivity index (χ4v) is 1.46. The molecule has 6 N–H and O–H groups in total. The highest BCUT2D eigenvalue weighted by atomic mass is 16.7. The Bertz CT molecular complexity index is 349. The predicted molar refractivity (Wildman–Crippen MR) is 53.5 cm³/mol.